The van der Waals surface area contributed by atoms with Gasteiger partial charge in [0.25, 0.3) is 0 Å². The molecule has 0 saturated heterocycles. The second-order valence-corrected chi connectivity index (χ2v) is 4.34. The fraction of sp³-hybridized carbons (Fsp3) is 0.429. The number of nitrogens with two attached hydrogens (primary N) is 1. The van der Waals surface area contributed by atoms with Crippen molar-refractivity contribution in [3.05, 3.63) is 29.3 Å². The van der Waals surface area contributed by atoms with Gasteiger partial charge in [-0.15, -0.1) is 0 Å². The fourth-order valence-corrected chi connectivity index (χ4v) is 2.05. The van der Waals surface area contributed by atoms with E-state index in [0.29, 0.717) is 5.92 Å². The van der Waals surface area contributed by atoms with Gasteiger partial charge in [0.2, 0.25) is 0 Å². The van der Waals surface area contributed by atoms with E-state index in [-0.39, 0.29) is 0 Å². The molecule has 0 heterocycles. The topological polar surface area (TPSA) is 26.0 Å². The average Bonchev–Trinajstić information content (AvgIpc) is 2.69. The summed E-state index contributed by atoms with van der Waals surface area (Å²) in [5.74, 6) is 7.14. The monoisotopic (exact) mass is 199 g/mol. The Morgan fingerprint density at radius 3 is 2.67 bits per heavy atom. The van der Waals surface area contributed by atoms with Gasteiger partial charge in [0.15, 0.2) is 0 Å². The van der Waals surface area contributed by atoms with Crippen LogP contribution < -0.4 is 5.73 Å². The smallest absolute Gasteiger partial charge is 0.0475 e. The highest BCUT2D eigenvalue weighted by Gasteiger charge is 2.11. The molecule has 0 amide bonds. The lowest BCUT2D eigenvalue weighted by Crippen LogP contribution is -1.92. The van der Waals surface area contributed by atoms with E-state index in [1.165, 1.54) is 31.2 Å². The fourth-order valence-electron chi connectivity index (χ4n) is 2.05. The molecule has 0 spiro atoms. The second-order valence-electron chi connectivity index (χ2n) is 4.34. The van der Waals surface area contributed by atoms with Crippen LogP contribution in [0.5, 0.6) is 0 Å². The molecular weight excluding hydrogens is 182 g/mol. The third-order valence-electron chi connectivity index (χ3n) is 2.97. The zero-order valence-corrected chi connectivity index (χ0v) is 9.22. The molecule has 1 heteroatoms. The van der Waals surface area contributed by atoms with Crippen molar-refractivity contribution in [2.45, 2.75) is 32.6 Å². The number of benzene rings is 1. The van der Waals surface area contributed by atoms with Gasteiger partial charge in [0.1, 0.15) is 0 Å². The molecule has 0 atom stereocenters. The summed E-state index contributed by atoms with van der Waals surface area (Å²) in [5, 5.41) is 0. The number of aryl methyl sites for hydroxylation is 1. The van der Waals surface area contributed by atoms with Crippen LogP contribution in [0.2, 0.25) is 0 Å². The highest BCUT2D eigenvalue weighted by molar-refractivity contribution is 5.57. The molecule has 1 nitrogen and oxygen atoms in total. The van der Waals surface area contributed by atoms with Crippen molar-refractivity contribution in [1.29, 1.82) is 0 Å². The Bertz CT molecular complexity index is 403. The molecule has 78 valence electrons. The summed E-state index contributed by atoms with van der Waals surface area (Å²) in [4.78, 5) is 0. The van der Waals surface area contributed by atoms with Crippen molar-refractivity contribution in [1.82, 2.24) is 0 Å². The SMILES string of the molecule is Cc1ccc(C#CC2CCCC2)c(N)c1. The van der Waals surface area contributed by atoms with Gasteiger partial charge in [0, 0.05) is 17.2 Å². The van der Waals surface area contributed by atoms with E-state index in [2.05, 4.69) is 17.9 Å². The largest absolute Gasteiger partial charge is 0.398 e. The van der Waals surface area contributed by atoms with Crippen molar-refractivity contribution in [2.24, 2.45) is 5.92 Å². The molecule has 0 radical (unpaired) electrons. The predicted molar refractivity (Wildman–Crippen MR) is 64.4 cm³/mol. The van der Waals surface area contributed by atoms with Crippen molar-refractivity contribution < 1.29 is 0 Å². The highest BCUT2D eigenvalue weighted by atomic mass is 14.6. The lowest BCUT2D eigenvalue weighted by Gasteiger charge is -2.00. The van der Waals surface area contributed by atoms with E-state index in [1.807, 2.05) is 19.1 Å². The lowest BCUT2D eigenvalue weighted by molar-refractivity contribution is 0.712. The summed E-state index contributed by atoms with van der Waals surface area (Å²) in [7, 11) is 0. The second kappa shape index (κ2) is 4.40. The number of nitrogen functional groups attached to an aromatic ring is 1. The summed E-state index contributed by atoms with van der Waals surface area (Å²) >= 11 is 0. The van der Waals surface area contributed by atoms with E-state index >= 15 is 0 Å². The normalized spacial score (nSPS) is 16.1. The van der Waals surface area contributed by atoms with E-state index in [0.717, 1.165) is 11.3 Å². The minimum atomic E-state index is 0.603. The molecule has 15 heavy (non-hydrogen) atoms. The molecule has 1 saturated carbocycles. The maximum absolute atomic E-state index is 5.90. The van der Waals surface area contributed by atoms with E-state index in [4.69, 9.17) is 5.73 Å². The highest BCUT2D eigenvalue weighted by Crippen LogP contribution is 2.24. The standard InChI is InChI=1S/C14H17N/c1-11-6-8-13(14(15)10-11)9-7-12-4-2-3-5-12/h6,8,10,12H,2-5,15H2,1H3. The molecule has 1 aliphatic rings. The minimum Gasteiger partial charge on any atom is -0.398 e. The van der Waals surface area contributed by atoms with Gasteiger partial charge in [-0.2, -0.15) is 0 Å². The molecule has 1 aromatic rings. The number of anilines is 1. The Kier molecular flexibility index (Phi) is 2.97. The number of rotatable bonds is 0. The van der Waals surface area contributed by atoms with Crippen LogP contribution in [0.4, 0.5) is 5.69 Å². The van der Waals surface area contributed by atoms with Gasteiger partial charge >= 0.3 is 0 Å². The van der Waals surface area contributed by atoms with Crippen LogP contribution in [-0.4, -0.2) is 0 Å². The van der Waals surface area contributed by atoms with Crippen molar-refractivity contribution in [3.8, 4) is 11.8 Å². The summed E-state index contributed by atoms with van der Waals surface area (Å²) in [6.45, 7) is 2.05. The molecule has 2 N–H and O–H groups in total. The maximum atomic E-state index is 5.90. The number of hydrogen-bond acceptors (Lipinski definition) is 1. The molecule has 1 aliphatic carbocycles. The molecule has 0 bridgehead atoms. The molecular formula is C14H17N. The van der Waals surface area contributed by atoms with Gasteiger partial charge in [-0.25, -0.2) is 0 Å². The van der Waals surface area contributed by atoms with Crippen LogP contribution in [0.3, 0.4) is 0 Å². The Morgan fingerprint density at radius 1 is 1.27 bits per heavy atom. The molecule has 0 unspecified atom stereocenters. The van der Waals surface area contributed by atoms with Crippen LogP contribution in [0.1, 0.15) is 36.8 Å². The zero-order valence-electron chi connectivity index (χ0n) is 9.22. The van der Waals surface area contributed by atoms with Crippen LogP contribution in [0.25, 0.3) is 0 Å². The first-order valence-corrected chi connectivity index (χ1v) is 5.63. The molecule has 2 rings (SSSR count). The summed E-state index contributed by atoms with van der Waals surface area (Å²) < 4.78 is 0. The molecule has 1 fully saturated rings. The lowest BCUT2D eigenvalue weighted by atomic mass is 10.1. The zero-order chi connectivity index (χ0) is 10.7. The quantitative estimate of drug-likeness (QED) is 0.504. The Hall–Kier alpha value is -1.42. The average molecular weight is 199 g/mol. The van der Waals surface area contributed by atoms with Crippen molar-refractivity contribution >= 4 is 5.69 Å². The predicted octanol–water partition coefficient (Wildman–Crippen LogP) is 3.12. The van der Waals surface area contributed by atoms with Crippen LogP contribution >= 0.6 is 0 Å². The number of hydrogen-bond donors (Lipinski definition) is 1. The third-order valence-corrected chi connectivity index (χ3v) is 2.97. The first-order chi connectivity index (χ1) is 7.25. The van der Waals surface area contributed by atoms with Gasteiger partial charge in [-0.05, 0) is 37.5 Å². The van der Waals surface area contributed by atoms with Crippen LogP contribution in [0, 0.1) is 24.7 Å². The Balaban J connectivity index is 2.15. The van der Waals surface area contributed by atoms with Gasteiger partial charge < -0.3 is 5.73 Å². The van der Waals surface area contributed by atoms with Gasteiger partial charge in [-0.1, -0.05) is 30.7 Å². The van der Waals surface area contributed by atoms with Crippen molar-refractivity contribution in [3.63, 3.8) is 0 Å². The maximum Gasteiger partial charge on any atom is 0.0475 e. The Morgan fingerprint density at radius 2 is 2.00 bits per heavy atom. The van der Waals surface area contributed by atoms with Crippen molar-refractivity contribution in [2.75, 3.05) is 5.73 Å². The molecule has 1 aromatic carbocycles. The van der Waals surface area contributed by atoms with Gasteiger partial charge in [-0.3, -0.25) is 0 Å². The van der Waals surface area contributed by atoms with E-state index < -0.39 is 0 Å². The summed E-state index contributed by atoms with van der Waals surface area (Å²) in [6.07, 6.45) is 5.20. The first kappa shape index (κ1) is 10.1. The first-order valence-electron chi connectivity index (χ1n) is 5.63. The minimum absolute atomic E-state index is 0.603. The summed E-state index contributed by atoms with van der Waals surface area (Å²) in [5.41, 5.74) is 8.88. The van der Waals surface area contributed by atoms with E-state index in [1.54, 1.807) is 0 Å². The molecule has 0 aliphatic heterocycles. The summed E-state index contributed by atoms with van der Waals surface area (Å²) in [6, 6.07) is 6.07. The molecule has 0 aromatic heterocycles. The van der Waals surface area contributed by atoms with E-state index in [9.17, 15) is 0 Å². The van der Waals surface area contributed by atoms with Crippen LogP contribution in [0.15, 0.2) is 18.2 Å². The third kappa shape index (κ3) is 2.53. The van der Waals surface area contributed by atoms with Gasteiger partial charge in [0.05, 0.1) is 0 Å². The Labute approximate surface area is 91.7 Å². The van der Waals surface area contributed by atoms with Crippen LogP contribution in [-0.2, 0) is 0 Å².